The van der Waals surface area contributed by atoms with E-state index in [1.807, 2.05) is 47.4 Å². The molecule has 0 atom stereocenters. The van der Waals surface area contributed by atoms with Gasteiger partial charge in [0.25, 0.3) is 0 Å². The number of nitrogens with one attached hydrogen (secondary N) is 2. The lowest BCUT2D eigenvalue weighted by Crippen LogP contribution is -2.43. The quantitative estimate of drug-likeness (QED) is 0.443. The van der Waals surface area contributed by atoms with Crippen molar-refractivity contribution in [2.24, 2.45) is 10.4 Å². The second kappa shape index (κ2) is 10.7. The number of hydrogen-bond donors (Lipinski definition) is 3. The summed E-state index contributed by atoms with van der Waals surface area (Å²) in [5.74, 6) is 0.800. The van der Waals surface area contributed by atoms with E-state index in [-0.39, 0.29) is 12.0 Å². The fourth-order valence-electron chi connectivity index (χ4n) is 3.13. The van der Waals surface area contributed by atoms with Gasteiger partial charge >= 0.3 is 0 Å². The van der Waals surface area contributed by atoms with E-state index in [9.17, 15) is 5.11 Å². The third-order valence-corrected chi connectivity index (χ3v) is 5.19. The average molecular weight is 372 g/mol. The highest BCUT2D eigenvalue weighted by atomic mass is 16.3. The molecule has 2 rings (SSSR count). The molecule has 2 aromatic rings. The van der Waals surface area contributed by atoms with E-state index in [0.717, 1.165) is 49.6 Å². The van der Waals surface area contributed by atoms with Crippen molar-refractivity contribution in [1.29, 1.82) is 0 Å². The summed E-state index contributed by atoms with van der Waals surface area (Å²) in [6.07, 6.45) is 6.72. The maximum absolute atomic E-state index is 9.40. The number of aliphatic hydroxyl groups is 1. The number of aliphatic hydroxyl groups excluding tert-OH is 1. The van der Waals surface area contributed by atoms with Crippen LogP contribution in [0.1, 0.15) is 45.6 Å². The lowest BCUT2D eigenvalue weighted by atomic mass is 9.79. The van der Waals surface area contributed by atoms with Gasteiger partial charge in [0.15, 0.2) is 5.96 Å². The molecule has 0 bridgehead atoms. The van der Waals surface area contributed by atoms with Crippen molar-refractivity contribution >= 4 is 5.96 Å². The fraction of sp³-hybridized carbons (Fsp3) is 0.524. The molecule has 0 saturated heterocycles. The number of aliphatic imine (C=N–C) groups is 1. The summed E-state index contributed by atoms with van der Waals surface area (Å²) >= 11 is 0. The van der Waals surface area contributed by atoms with Crippen LogP contribution in [0.15, 0.2) is 47.7 Å². The van der Waals surface area contributed by atoms with Gasteiger partial charge in [0, 0.05) is 31.5 Å². The standard InChI is InChI=1S/C21H33N5O/c1-4-21(5-2,12-13-27)17-24-20(22-6-3)23-14-18-15-25-26(16-18)19-10-8-7-9-11-19/h7-11,15-16,27H,4-6,12-14,17H2,1-3H3,(H2,22,23,24). The highest BCUT2D eigenvalue weighted by molar-refractivity contribution is 5.79. The minimum atomic E-state index is 0.100. The summed E-state index contributed by atoms with van der Waals surface area (Å²) in [6.45, 7) is 8.82. The first-order valence-corrected chi connectivity index (χ1v) is 9.88. The van der Waals surface area contributed by atoms with Gasteiger partial charge in [0.2, 0.25) is 0 Å². The van der Waals surface area contributed by atoms with Gasteiger partial charge in [-0.25, -0.2) is 9.67 Å². The predicted molar refractivity (Wildman–Crippen MR) is 111 cm³/mol. The first-order valence-electron chi connectivity index (χ1n) is 9.88. The highest BCUT2D eigenvalue weighted by Crippen LogP contribution is 2.29. The Morgan fingerprint density at radius 2 is 1.89 bits per heavy atom. The predicted octanol–water partition coefficient (Wildman–Crippen LogP) is 3.12. The number of hydrogen-bond acceptors (Lipinski definition) is 3. The van der Waals surface area contributed by atoms with Crippen LogP contribution >= 0.6 is 0 Å². The summed E-state index contributed by atoms with van der Waals surface area (Å²) in [7, 11) is 0. The normalized spacial score (nSPS) is 12.2. The average Bonchev–Trinajstić information content (AvgIpc) is 3.19. The Labute approximate surface area is 162 Å². The van der Waals surface area contributed by atoms with Crippen LogP contribution in [-0.4, -0.2) is 40.5 Å². The van der Waals surface area contributed by atoms with Crippen molar-refractivity contribution in [3.8, 4) is 5.69 Å². The SMILES string of the molecule is CCNC(=NCc1cnn(-c2ccccc2)c1)NCC(CC)(CC)CCO. The molecule has 6 heteroatoms. The molecule has 0 aliphatic rings. The van der Waals surface area contributed by atoms with E-state index in [1.165, 1.54) is 0 Å². The Morgan fingerprint density at radius 1 is 1.15 bits per heavy atom. The van der Waals surface area contributed by atoms with E-state index in [1.54, 1.807) is 0 Å². The van der Waals surface area contributed by atoms with Gasteiger partial charge in [0.1, 0.15) is 0 Å². The molecule has 0 saturated carbocycles. The molecule has 1 aromatic heterocycles. The Morgan fingerprint density at radius 3 is 2.52 bits per heavy atom. The molecular formula is C21H33N5O. The molecule has 1 aromatic carbocycles. The van der Waals surface area contributed by atoms with Crippen molar-refractivity contribution in [2.75, 3.05) is 19.7 Å². The Balaban J connectivity index is 2.02. The number of para-hydroxylation sites is 1. The molecule has 0 unspecified atom stereocenters. The number of guanidine groups is 1. The Kier molecular flexibility index (Phi) is 8.33. The minimum Gasteiger partial charge on any atom is -0.396 e. The Hall–Kier alpha value is -2.34. The Bertz CT molecular complexity index is 692. The van der Waals surface area contributed by atoms with Gasteiger partial charge in [-0.15, -0.1) is 0 Å². The summed E-state index contributed by atoms with van der Waals surface area (Å²) in [5, 5.41) is 20.6. The lowest BCUT2D eigenvalue weighted by Gasteiger charge is -2.32. The van der Waals surface area contributed by atoms with Crippen LogP contribution in [0.25, 0.3) is 5.69 Å². The zero-order chi connectivity index (χ0) is 19.5. The number of benzene rings is 1. The van der Waals surface area contributed by atoms with E-state index in [4.69, 9.17) is 4.99 Å². The van der Waals surface area contributed by atoms with Gasteiger partial charge in [-0.3, -0.25) is 0 Å². The van der Waals surface area contributed by atoms with Crippen LogP contribution < -0.4 is 10.6 Å². The highest BCUT2D eigenvalue weighted by Gasteiger charge is 2.25. The third-order valence-electron chi connectivity index (χ3n) is 5.19. The van der Waals surface area contributed by atoms with Crippen LogP contribution in [0, 0.1) is 5.41 Å². The van der Waals surface area contributed by atoms with Crippen molar-refractivity contribution in [3.05, 3.63) is 48.3 Å². The van der Waals surface area contributed by atoms with Gasteiger partial charge in [-0.05, 0) is 43.7 Å². The molecular weight excluding hydrogens is 338 g/mol. The van der Waals surface area contributed by atoms with E-state index in [0.29, 0.717) is 6.54 Å². The third kappa shape index (κ3) is 6.10. The van der Waals surface area contributed by atoms with Gasteiger partial charge in [0.05, 0.1) is 18.4 Å². The molecule has 0 radical (unpaired) electrons. The fourth-order valence-corrected chi connectivity index (χ4v) is 3.13. The second-order valence-electron chi connectivity index (χ2n) is 6.86. The monoisotopic (exact) mass is 371 g/mol. The maximum atomic E-state index is 9.40. The van der Waals surface area contributed by atoms with E-state index >= 15 is 0 Å². The first-order chi connectivity index (χ1) is 13.2. The summed E-state index contributed by atoms with van der Waals surface area (Å²) in [5.41, 5.74) is 2.20. The maximum Gasteiger partial charge on any atom is 0.191 e. The van der Waals surface area contributed by atoms with Crippen molar-refractivity contribution in [1.82, 2.24) is 20.4 Å². The number of rotatable bonds is 10. The second-order valence-corrected chi connectivity index (χ2v) is 6.86. The molecule has 0 aliphatic heterocycles. The topological polar surface area (TPSA) is 74.5 Å². The zero-order valence-corrected chi connectivity index (χ0v) is 16.8. The van der Waals surface area contributed by atoms with E-state index in [2.05, 4.69) is 36.5 Å². The minimum absolute atomic E-state index is 0.100. The molecule has 0 fully saturated rings. The van der Waals surface area contributed by atoms with E-state index < -0.39 is 0 Å². The summed E-state index contributed by atoms with van der Waals surface area (Å²) in [4.78, 5) is 4.70. The molecule has 0 spiro atoms. The molecule has 1 heterocycles. The lowest BCUT2D eigenvalue weighted by molar-refractivity contribution is 0.169. The van der Waals surface area contributed by atoms with Crippen LogP contribution in [0.2, 0.25) is 0 Å². The molecule has 0 amide bonds. The first kappa shape index (κ1) is 21.0. The zero-order valence-electron chi connectivity index (χ0n) is 16.8. The van der Waals surface area contributed by atoms with Crippen LogP contribution in [0.5, 0.6) is 0 Å². The van der Waals surface area contributed by atoms with Crippen molar-refractivity contribution in [3.63, 3.8) is 0 Å². The number of aromatic nitrogens is 2. The van der Waals surface area contributed by atoms with Crippen LogP contribution in [0.4, 0.5) is 0 Å². The largest absolute Gasteiger partial charge is 0.396 e. The molecule has 27 heavy (non-hydrogen) atoms. The van der Waals surface area contributed by atoms with Gasteiger partial charge in [-0.1, -0.05) is 32.0 Å². The smallest absolute Gasteiger partial charge is 0.191 e. The molecule has 0 aliphatic carbocycles. The van der Waals surface area contributed by atoms with Gasteiger partial charge < -0.3 is 15.7 Å². The van der Waals surface area contributed by atoms with Crippen molar-refractivity contribution in [2.45, 2.75) is 46.6 Å². The van der Waals surface area contributed by atoms with Crippen LogP contribution in [0.3, 0.4) is 0 Å². The van der Waals surface area contributed by atoms with Gasteiger partial charge in [-0.2, -0.15) is 5.10 Å². The molecule has 148 valence electrons. The summed E-state index contributed by atoms with van der Waals surface area (Å²) < 4.78 is 1.87. The van der Waals surface area contributed by atoms with Crippen molar-refractivity contribution < 1.29 is 5.11 Å². The summed E-state index contributed by atoms with van der Waals surface area (Å²) in [6, 6.07) is 10.1. The number of nitrogens with zero attached hydrogens (tertiary/aromatic N) is 3. The molecule has 6 nitrogen and oxygen atoms in total. The molecule has 3 N–H and O–H groups in total. The van der Waals surface area contributed by atoms with Crippen LogP contribution in [-0.2, 0) is 6.54 Å².